The molecule has 0 unspecified atom stereocenters. The lowest BCUT2D eigenvalue weighted by atomic mass is 9.89. The standard InChI is InChI=1S/C13H24N2O3/c1-10-4-3-5-12(8-10)18-9-13(17)15-7-6-14-11(2)16/h10,12H,3-9H2,1-2H3,(H,14,16)(H,15,17)/t10-,12+/m1/s1. The molecule has 104 valence electrons. The van der Waals surface area contributed by atoms with Crippen LogP contribution in [0.15, 0.2) is 0 Å². The van der Waals surface area contributed by atoms with E-state index in [1.807, 2.05) is 0 Å². The molecular formula is C13H24N2O3. The molecule has 2 N–H and O–H groups in total. The van der Waals surface area contributed by atoms with Crippen LogP contribution in [0.3, 0.4) is 0 Å². The molecule has 2 amide bonds. The zero-order valence-electron chi connectivity index (χ0n) is 11.3. The smallest absolute Gasteiger partial charge is 0.246 e. The summed E-state index contributed by atoms with van der Waals surface area (Å²) in [6.45, 7) is 4.71. The van der Waals surface area contributed by atoms with Crippen LogP contribution in [-0.2, 0) is 14.3 Å². The summed E-state index contributed by atoms with van der Waals surface area (Å²) in [5.74, 6) is 0.502. The summed E-state index contributed by atoms with van der Waals surface area (Å²) in [5, 5.41) is 5.33. The Kier molecular flexibility index (Phi) is 6.72. The maximum absolute atomic E-state index is 11.5. The molecule has 0 aliphatic heterocycles. The molecule has 0 bridgehead atoms. The van der Waals surface area contributed by atoms with Gasteiger partial charge in [0, 0.05) is 20.0 Å². The monoisotopic (exact) mass is 256 g/mol. The number of ether oxygens (including phenoxy) is 1. The molecule has 0 saturated heterocycles. The summed E-state index contributed by atoms with van der Waals surface area (Å²) in [7, 11) is 0. The zero-order chi connectivity index (χ0) is 13.4. The van der Waals surface area contributed by atoms with Crippen LogP contribution in [-0.4, -0.2) is 37.6 Å². The summed E-state index contributed by atoms with van der Waals surface area (Å²) in [5.41, 5.74) is 0. The van der Waals surface area contributed by atoms with E-state index in [9.17, 15) is 9.59 Å². The fraction of sp³-hybridized carbons (Fsp3) is 0.846. The highest BCUT2D eigenvalue weighted by molar-refractivity contribution is 5.77. The molecule has 5 nitrogen and oxygen atoms in total. The number of carbonyl (C=O) groups is 2. The van der Waals surface area contributed by atoms with Gasteiger partial charge in [0.25, 0.3) is 0 Å². The van der Waals surface area contributed by atoms with Gasteiger partial charge < -0.3 is 15.4 Å². The van der Waals surface area contributed by atoms with E-state index in [0.29, 0.717) is 19.0 Å². The first-order valence-electron chi connectivity index (χ1n) is 6.70. The zero-order valence-corrected chi connectivity index (χ0v) is 11.3. The first-order chi connectivity index (χ1) is 8.58. The second-order valence-corrected chi connectivity index (χ2v) is 5.04. The van der Waals surface area contributed by atoms with Crippen molar-refractivity contribution in [3.05, 3.63) is 0 Å². The molecule has 0 spiro atoms. The van der Waals surface area contributed by atoms with E-state index in [4.69, 9.17) is 4.74 Å². The van der Waals surface area contributed by atoms with Crippen molar-refractivity contribution >= 4 is 11.8 Å². The first kappa shape index (κ1) is 15.0. The van der Waals surface area contributed by atoms with Gasteiger partial charge in [-0.15, -0.1) is 0 Å². The Hall–Kier alpha value is -1.10. The fourth-order valence-electron chi connectivity index (χ4n) is 2.21. The largest absolute Gasteiger partial charge is 0.368 e. The molecule has 1 fully saturated rings. The van der Waals surface area contributed by atoms with Crippen molar-refractivity contribution in [2.75, 3.05) is 19.7 Å². The van der Waals surface area contributed by atoms with E-state index in [0.717, 1.165) is 12.8 Å². The Morgan fingerprint density at radius 1 is 1.22 bits per heavy atom. The van der Waals surface area contributed by atoms with Crippen molar-refractivity contribution in [1.82, 2.24) is 10.6 Å². The van der Waals surface area contributed by atoms with Crippen LogP contribution in [0.4, 0.5) is 0 Å². The summed E-state index contributed by atoms with van der Waals surface area (Å²) >= 11 is 0. The quantitative estimate of drug-likeness (QED) is 0.692. The number of carbonyl (C=O) groups excluding carboxylic acids is 2. The molecule has 0 aromatic heterocycles. The lowest BCUT2D eigenvalue weighted by Crippen LogP contribution is -2.36. The van der Waals surface area contributed by atoms with Crippen molar-refractivity contribution in [1.29, 1.82) is 0 Å². The third kappa shape index (κ3) is 6.59. The van der Waals surface area contributed by atoms with Crippen LogP contribution in [0.1, 0.15) is 39.5 Å². The van der Waals surface area contributed by atoms with E-state index in [-0.39, 0.29) is 24.5 Å². The van der Waals surface area contributed by atoms with Gasteiger partial charge in [0.15, 0.2) is 0 Å². The second kappa shape index (κ2) is 8.08. The molecule has 2 atom stereocenters. The molecule has 0 radical (unpaired) electrons. The van der Waals surface area contributed by atoms with Gasteiger partial charge in [0.05, 0.1) is 6.10 Å². The second-order valence-electron chi connectivity index (χ2n) is 5.04. The minimum Gasteiger partial charge on any atom is -0.368 e. The van der Waals surface area contributed by atoms with Gasteiger partial charge >= 0.3 is 0 Å². The summed E-state index contributed by atoms with van der Waals surface area (Å²) in [6.07, 6.45) is 4.80. The minimum atomic E-state index is -0.112. The Morgan fingerprint density at radius 3 is 2.61 bits per heavy atom. The van der Waals surface area contributed by atoms with E-state index in [2.05, 4.69) is 17.6 Å². The predicted octanol–water partition coefficient (Wildman–Crippen LogP) is 0.834. The molecule has 0 heterocycles. The van der Waals surface area contributed by atoms with Crippen molar-refractivity contribution < 1.29 is 14.3 Å². The van der Waals surface area contributed by atoms with Gasteiger partial charge in [0.2, 0.25) is 11.8 Å². The van der Waals surface area contributed by atoms with Crippen LogP contribution in [0.25, 0.3) is 0 Å². The van der Waals surface area contributed by atoms with Gasteiger partial charge in [0.1, 0.15) is 6.61 Å². The van der Waals surface area contributed by atoms with Crippen molar-refractivity contribution in [2.24, 2.45) is 5.92 Å². The van der Waals surface area contributed by atoms with Crippen LogP contribution < -0.4 is 10.6 Å². The van der Waals surface area contributed by atoms with E-state index >= 15 is 0 Å². The number of amides is 2. The van der Waals surface area contributed by atoms with Gasteiger partial charge in [-0.3, -0.25) is 9.59 Å². The van der Waals surface area contributed by atoms with Gasteiger partial charge in [-0.05, 0) is 18.8 Å². The molecule has 0 aromatic rings. The highest BCUT2D eigenvalue weighted by Crippen LogP contribution is 2.25. The first-order valence-corrected chi connectivity index (χ1v) is 6.70. The summed E-state index contributed by atoms with van der Waals surface area (Å²) in [6, 6.07) is 0. The average Bonchev–Trinajstić information content (AvgIpc) is 2.32. The van der Waals surface area contributed by atoms with Crippen molar-refractivity contribution in [3.8, 4) is 0 Å². The normalized spacial score (nSPS) is 23.4. The topological polar surface area (TPSA) is 67.4 Å². The van der Waals surface area contributed by atoms with Crippen LogP contribution in [0.5, 0.6) is 0 Å². The lowest BCUT2D eigenvalue weighted by Gasteiger charge is -2.26. The Labute approximate surface area is 109 Å². The number of hydrogen-bond acceptors (Lipinski definition) is 3. The SMILES string of the molecule is CC(=O)NCCNC(=O)CO[C@H]1CCC[C@@H](C)C1. The molecule has 1 aliphatic rings. The molecule has 0 aromatic carbocycles. The summed E-state index contributed by atoms with van der Waals surface area (Å²) in [4.78, 5) is 22.1. The molecule has 1 saturated carbocycles. The third-order valence-corrected chi connectivity index (χ3v) is 3.16. The maximum atomic E-state index is 11.5. The Morgan fingerprint density at radius 2 is 1.94 bits per heavy atom. The molecule has 1 rings (SSSR count). The molecule has 5 heteroatoms. The number of hydrogen-bond donors (Lipinski definition) is 2. The van der Waals surface area contributed by atoms with Gasteiger partial charge in [-0.2, -0.15) is 0 Å². The Bertz CT molecular complexity index is 281. The van der Waals surface area contributed by atoms with E-state index < -0.39 is 0 Å². The number of nitrogens with one attached hydrogen (secondary N) is 2. The van der Waals surface area contributed by atoms with Crippen LogP contribution >= 0.6 is 0 Å². The number of rotatable bonds is 6. The van der Waals surface area contributed by atoms with Crippen molar-refractivity contribution in [3.63, 3.8) is 0 Å². The fourth-order valence-corrected chi connectivity index (χ4v) is 2.21. The highest BCUT2D eigenvalue weighted by atomic mass is 16.5. The van der Waals surface area contributed by atoms with Crippen LogP contribution in [0, 0.1) is 5.92 Å². The van der Waals surface area contributed by atoms with Gasteiger partial charge in [-0.1, -0.05) is 19.8 Å². The molecule has 1 aliphatic carbocycles. The van der Waals surface area contributed by atoms with Crippen molar-refractivity contribution in [2.45, 2.75) is 45.6 Å². The Balaban J connectivity index is 2.04. The van der Waals surface area contributed by atoms with E-state index in [1.165, 1.54) is 19.8 Å². The van der Waals surface area contributed by atoms with Gasteiger partial charge in [-0.25, -0.2) is 0 Å². The molecular weight excluding hydrogens is 232 g/mol. The maximum Gasteiger partial charge on any atom is 0.246 e. The van der Waals surface area contributed by atoms with Crippen LogP contribution in [0.2, 0.25) is 0 Å². The lowest BCUT2D eigenvalue weighted by molar-refractivity contribution is -0.128. The third-order valence-electron chi connectivity index (χ3n) is 3.16. The average molecular weight is 256 g/mol. The van der Waals surface area contributed by atoms with E-state index in [1.54, 1.807) is 0 Å². The molecule has 18 heavy (non-hydrogen) atoms. The predicted molar refractivity (Wildman–Crippen MR) is 69.1 cm³/mol. The summed E-state index contributed by atoms with van der Waals surface area (Å²) < 4.78 is 5.59. The highest BCUT2D eigenvalue weighted by Gasteiger charge is 2.19. The minimum absolute atomic E-state index is 0.0864.